The highest BCUT2D eigenvalue weighted by Crippen LogP contribution is 2.52. The quantitative estimate of drug-likeness (QED) is 0.235. The Balaban J connectivity index is 1.69. The maximum Gasteiger partial charge on any atom is 0.202 e. The zero-order valence-electron chi connectivity index (χ0n) is 21.2. The van der Waals surface area contributed by atoms with Crippen molar-refractivity contribution >= 4 is 17.3 Å². The summed E-state index contributed by atoms with van der Waals surface area (Å²) in [4.78, 5) is 39.7. The molecule has 208 valence electrons. The Bertz CT molecular complexity index is 1380. The van der Waals surface area contributed by atoms with E-state index in [0.29, 0.717) is 0 Å². The third-order valence-electron chi connectivity index (χ3n) is 7.81. The van der Waals surface area contributed by atoms with Gasteiger partial charge in [0.2, 0.25) is 5.78 Å². The normalized spacial score (nSPS) is 29.8. The molecule has 1 aliphatic heterocycles. The molecule has 1 unspecified atom stereocenters. The van der Waals surface area contributed by atoms with Crippen LogP contribution in [0, 0.1) is 0 Å². The van der Waals surface area contributed by atoms with Gasteiger partial charge in [0.1, 0.15) is 29.5 Å². The standard InChI is InChI=1S/C27H29NO11/c1-10-22(31)13(28)6-17(38-10)39-15-8-27(36,16(30)9-29)7-12-19(15)26(35)21-20(24(12)33)23(32)11-4-3-5-14(37-2)18(11)25(21)34/h3-5,10,13,15,17,22,29,31,33,35-36H,6-9,28H2,1-2H3/t10-,13-,15-,17?,22+,27+/m0/s1. The number of phenolic OH excluding ortho intramolecular Hbond substituents is 2. The lowest BCUT2D eigenvalue weighted by atomic mass is 9.72. The van der Waals surface area contributed by atoms with Crippen molar-refractivity contribution in [1.82, 2.24) is 0 Å². The Hall–Kier alpha value is -3.39. The second-order valence-corrected chi connectivity index (χ2v) is 10.2. The van der Waals surface area contributed by atoms with E-state index in [1.54, 1.807) is 6.92 Å². The molecule has 7 N–H and O–H groups in total. The lowest BCUT2D eigenvalue weighted by Gasteiger charge is -2.42. The molecule has 0 radical (unpaired) electrons. The number of carbonyl (C=O) groups is 3. The molecule has 1 fully saturated rings. The van der Waals surface area contributed by atoms with Gasteiger partial charge in [0, 0.05) is 42.0 Å². The van der Waals surface area contributed by atoms with Gasteiger partial charge in [-0.25, -0.2) is 0 Å². The average molecular weight is 544 g/mol. The Morgan fingerprint density at radius 3 is 2.49 bits per heavy atom. The Morgan fingerprint density at radius 1 is 1.15 bits per heavy atom. The second-order valence-electron chi connectivity index (χ2n) is 10.2. The molecule has 12 nitrogen and oxygen atoms in total. The summed E-state index contributed by atoms with van der Waals surface area (Å²) in [5.41, 5.74) is 2.37. The first kappa shape index (κ1) is 27.2. The largest absolute Gasteiger partial charge is 0.507 e. The molecule has 2 aromatic carbocycles. The number of ether oxygens (including phenoxy) is 3. The van der Waals surface area contributed by atoms with Crippen LogP contribution >= 0.6 is 0 Å². The number of methoxy groups -OCH3 is 1. The summed E-state index contributed by atoms with van der Waals surface area (Å²) in [6.07, 6.45) is -5.12. The number of hydrogen-bond acceptors (Lipinski definition) is 12. The third kappa shape index (κ3) is 4.11. The summed E-state index contributed by atoms with van der Waals surface area (Å²) >= 11 is 0. The van der Waals surface area contributed by atoms with Crippen molar-refractivity contribution in [2.45, 2.75) is 62.4 Å². The summed E-state index contributed by atoms with van der Waals surface area (Å²) < 4.78 is 17.0. The number of fused-ring (bicyclic) bond motifs is 3. The van der Waals surface area contributed by atoms with E-state index >= 15 is 0 Å². The van der Waals surface area contributed by atoms with Gasteiger partial charge in [-0.1, -0.05) is 12.1 Å². The van der Waals surface area contributed by atoms with Gasteiger partial charge in [0.15, 0.2) is 17.9 Å². The fourth-order valence-corrected chi connectivity index (χ4v) is 5.75. The topological polar surface area (TPSA) is 206 Å². The second kappa shape index (κ2) is 9.66. The number of rotatable bonds is 5. The van der Waals surface area contributed by atoms with Crippen LogP contribution in [0.1, 0.15) is 68.8 Å². The van der Waals surface area contributed by atoms with Crippen molar-refractivity contribution in [1.29, 1.82) is 0 Å². The van der Waals surface area contributed by atoms with E-state index in [4.69, 9.17) is 19.9 Å². The lowest BCUT2D eigenvalue weighted by Crippen LogP contribution is -2.53. The van der Waals surface area contributed by atoms with Gasteiger partial charge >= 0.3 is 0 Å². The Labute approximate surface area is 222 Å². The molecule has 3 aliphatic rings. The maximum absolute atomic E-state index is 13.6. The zero-order chi connectivity index (χ0) is 28.4. The first-order chi connectivity index (χ1) is 18.4. The molecule has 0 amide bonds. The van der Waals surface area contributed by atoms with Crippen LogP contribution in [0.15, 0.2) is 18.2 Å². The summed E-state index contributed by atoms with van der Waals surface area (Å²) in [6.45, 7) is 0.560. The van der Waals surface area contributed by atoms with Crippen LogP contribution in [0.5, 0.6) is 17.2 Å². The summed E-state index contributed by atoms with van der Waals surface area (Å²) in [6, 6.07) is 3.64. The number of phenols is 2. The highest BCUT2D eigenvalue weighted by molar-refractivity contribution is 6.31. The molecule has 2 aliphatic carbocycles. The number of aromatic hydroxyl groups is 2. The van der Waals surface area contributed by atoms with Gasteiger partial charge in [-0.15, -0.1) is 0 Å². The molecule has 12 heteroatoms. The maximum atomic E-state index is 13.6. The monoisotopic (exact) mass is 543 g/mol. The number of benzene rings is 2. The number of nitrogens with two attached hydrogens (primary N) is 1. The number of aliphatic hydroxyl groups excluding tert-OH is 2. The zero-order valence-corrected chi connectivity index (χ0v) is 21.2. The Kier molecular flexibility index (Phi) is 6.74. The van der Waals surface area contributed by atoms with Crippen LogP contribution in [0.3, 0.4) is 0 Å². The fraction of sp³-hybridized carbons (Fsp3) is 0.444. The molecule has 6 atom stereocenters. The van der Waals surface area contributed by atoms with Crippen LogP contribution in [0.2, 0.25) is 0 Å². The molecule has 0 bridgehead atoms. The van der Waals surface area contributed by atoms with E-state index < -0.39 is 95.7 Å². The predicted octanol–water partition coefficient (Wildman–Crippen LogP) is 0.00130. The van der Waals surface area contributed by atoms with Crippen molar-refractivity contribution in [2.75, 3.05) is 13.7 Å². The molecule has 0 aromatic heterocycles. The summed E-state index contributed by atoms with van der Waals surface area (Å²) in [5.74, 6) is -3.77. The molecular weight excluding hydrogens is 514 g/mol. The van der Waals surface area contributed by atoms with Gasteiger partial charge in [-0.2, -0.15) is 0 Å². The van der Waals surface area contributed by atoms with Crippen molar-refractivity contribution in [3.63, 3.8) is 0 Å². The van der Waals surface area contributed by atoms with Gasteiger partial charge in [0.05, 0.1) is 42.1 Å². The fourth-order valence-electron chi connectivity index (χ4n) is 5.75. The van der Waals surface area contributed by atoms with E-state index in [9.17, 15) is 39.9 Å². The van der Waals surface area contributed by atoms with E-state index in [1.165, 1.54) is 25.3 Å². The van der Waals surface area contributed by atoms with Crippen LogP contribution in [0.25, 0.3) is 0 Å². The molecule has 0 saturated carbocycles. The molecule has 39 heavy (non-hydrogen) atoms. The number of aliphatic hydroxyl groups is 3. The highest BCUT2D eigenvalue weighted by Gasteiger charge is 2.50. The van der Waals surface area contributed by atoms with Gasteiger partial charge in [-0.05, 0) is 13.0 Å². The van der Waals surface area contributed by atoms with Crippen LogP contribution in [0.4, 0.5) is 0 Å². The smallest absolute Gasteiger partial charge is 0.202 e. The van der Waals surface area contributed by atoms with Crippen LogP contribution in [-0.4, -0.2) is 86.7 Å². The summed E-state index contributed by atoms with van der Waals surface area (Å²) in [7, 11) is 1.32. The number of Topliss-reactive ketones (excluding diaryl/α,β-unsaturated/α-hetero) is 1. The SMILES string of the molecule is COc1cccc2c1C(=O)c1c(O)c3c(c(O)c1C2=O)C[C@](O)(C(=O)CO)C[C@@H]3OC1C[C@H](N)[C@H](O)[C@H](C)O1. The third-order valence-corrected chi connectivity index (χ3v) is 7.81. The predicted molar refractivity (Wildman–Crippen MR) is 132 cm³/mol. The molecule has 5 rings (SSSR count). The van der Waals surface area contributed by atoms with Crippen molar-refractivity contribution in [3.8, 4) is 17.2 Å². The highest BCUT2D eigenvalue weighted by atomic mass is 16.7. The van der Waals surface area contributed by atoms with E-state index in [0.717, 1.165) is 0 Å². The number of hydrogen-bond donors (Lipinski definition) is 6. The molecular formula is C27H29NO11. The van der Waals surface area contributed by atoms with Gasteiger partial charge < -0.3 is 45.5 Å². The molecule has 0 spiro atoms. The van der Waals surface area contributed by atoms with E-state index in [2.05, 4.69) is 0 Å². The van der Waals surface area contributed by atoms with Crippen LogP contribution in [-0.2, 0) is 20.7 Å². The first-order valence-electron chi connectivity index (χ1n) is 12.4. The van der Waals surface area contributed by atoms with Crippen LogP contribution < -0.4 is 10.5 Å². The molecule has 2 aromatic rings. The minimum Gasteiger partial charge on any atom is -0.507 e. The minimum absolute atomic E-state index is 0.0173. The Morgan fingerprint density at radius 2 is 1.85 bits per heavy atom. The van der Waals surface area contributed by atoms with Crippen molar-refractivity contribution in [2.24, 2.45) is 5.73 Å². The van der Waals surface area contributed by atoms with Gasteiger partial charge in [0.25, 0.3) is 0 Å². The number of ketones is 3. The molecule has 1 saturated heterocycles. The van der Waals surface area contributed by atoms with Crippen molar-refractivity contribution in [3.05, 3.63) is 51.6 Å². The van der Waals surface area contributed by atoms with E-state index in [1.807, 2.05) is 0 Å². The van der Waals surface area contributed by atoms with E-state index in [-0.39, 0.29) is 34.4 Å². The van der Waals surface area contributed by atoms with Crippen molar-refractivity contribution < 1.29 is 54.1 Å². The first-order valence-corrected chi connectivity index (χ1v) is 12.4. The minimum atomic E-state index is -2.24. The summed E-state index contributed by atoms with van der Waals surface area (Å²) in [5, 5.41) is 53.7. The average Bonchev–Trinajstić information content (AvgIpc) is 2.90. The molecule has 1 heterocycles. The lowest BCUT2D eigenvalue weighted by molar-refractivity contribution is -0.247. The van der Waals surface area contributed by atoms with Gasteiger partial charge in [-0.3, -0.25) is 14.4 Å². The number of carbonyl (C=O) groups excluding carboxylic acids is 3.